The van der Waals surface area contributed by atoms with Crippen LogP contribution in [0.4, 0.5) is 0 Å². The summed E-state index contributed by atoms with van der Waals surface area (Å²) >= 11 is 0. The SMILES string of the molecule is CC1(CN=C(NCCc2ccco2)NCC2CCCO2)CCCO1.I. The van der Waals surface area contributed by atoms with Gasteiger partial charge in [-0.05, 0) is 44.7 Å². The van der Waals surface area contributed by atoms with E-state index in [2.05, 4.69) is 17.6 Å². The average molecular weight is 463 g/mol. The Bertz CT molecular complexity index is 510. The zero-order valence-electron chi connectivity index (χ0n) is 15.0. The standard InChI is InChI=1S/C18H29N3O3.HI/c1-18(8-4-12-24-18)14-21-17(20-13-16-6-3-11-23-16)19-9-7-15-5-2-10-22-15;/h2,5,10,16H,3-4,6-9,11-14H2,1H3,(H2,19,20,21);1H. The van der Waals surface area contributed by atoms with Gasteiger partial charge >= 0.3 is 0 Å². The van der Waals surface area contributed by atoms with E-state index >= 15 is 0 Å². The summed E-state index contributed by atoms with van der Waals surface area (Å²) in [6, 6.07) is 3.91. The second-order valence-corrected chi connectivity index (χ2v) is 6.84. The Labute approximate surface area is 167 Å². The summed E-state index contributed by atoms with van der Waals surface area (Å²) in [5.74, 6) is 1.81. The van der Waals surface area contributed by atoms with Crippen LogP contribution in [-0.2, 0) is 15.9 Å². The van der Waals surface area contributed by atoms with Crippen molar-refractivity contribution in [1.82, 2.24) is 10.6 Å². The molecule has 0 aliphatic carbocycles. The zero-order valence-corrected chi connectivity index (χ0v) is 17.3. The molecule has 0 radical (unpaired) electrons. The highest BCUT2D eigenvalue weighted by atomic mass is 127. The Morgan fingerprint density at radius 3 is 2.92 bits per heavy atom. The molecule has 0 spiro atoms. The van der Waals surface area contributed by atoms with Crippen molar-refractivity contribution in [2.45, 2.75) is 50.7 Å². The first-order valence-electron chi connectivity index (χ1n) is 9.04. The van der Waals surface area contributed by atoms with Gasteiger partial charge in [0, 0.05) is 32.7 Å². The quantitative estimate of drug-likeness (QED) is 0.370. The highest BCUT2D eigenvalue weighted by Crippen LogP contribution is 2.25. The molecule has 2 N–H and O–H groups in total. The molecular formula is C18H30IN3O3. The highest BCUT2D eigenvalue weighted by Gasteiger charge is 2.29. The summed E-state index contributed by atoms with van der Waals surface area (Å²) in [5.41, 5.74) is -0.126. The van der Waals surface area contributed by atoms with Crippen molar-refractivity contribution >= 4 is 29.9 Å². The Hall–Kier alpha value is -0.800. The fraction of sp³-hybridized carbons (Fsp3) is 0.722. The van der Waals surface area contributed by atoms with Crippen molar-refractivity contribution in [1.29, 1.82) is 0 Å². The lowest BCUT2D eigenvalue weighted by Gasteiger charge is -2.22. The summed E-state index contributed by atoms with van der Waals surface area (Å²) in [6.07, 6.45) is 7.29. The normalized spacial score (nSPS) is 26.4. The summed E-state index contributed by atoms with van der Waals surface area (Å²) < 4.78 is 16.9. The minimum atomic E-state index is -0.126. The Balaban J connectivity index is 0.00000225. The maximum atomic E-state index is 5.83. The Kier molecular flexibility index (Phi) is 8.51. The second kappa shape index (κ2) is 10.4. The molecule has 6 nitrogen and oxygen atoms in total. The fourth-order valence-corrected chi connectivity index (χ4v) is 3.16. The van der Waals surface area contributed by atoms with E-state index in [9.17, 15) is 0 Å². The Morgan fingerprint density at radius 2 is 2.24 bits per heavy atom. The number of furan rings is 1. The average Bonchev–Trinajstić information content (AvgIpc) is 3.32. The van der Waals surface area contributed by atoms with E-state index in [1.807, 2.05) is 12.1 Å². The molecule has 2 aliphatic rings. The minimum absolute atomic E-state index is 0. The second-order valence-electron chi connectivity index (χ2n) is 6.84. The minimum Gasteiger partial charge on any atom is -0.469 e. The van der Waals surface area contributed by atoms with Gasteiger partial charge in [0.15, 0.2) is 5.96 Å². The molecule has 3 rings (SSSR count). The van der Waals surface area contributed by atoms with Gasteiger partial charge in [-0.1, -0.05) is 0 Å². The molecular weight excluding hydrogens is 433 g/mol. The smallest absolute Gasteiger partial charge is 0.191 e. The summed E-state index contributed by atoms with van der Waals surface area (Å²) in [5, 5.41) is 6.80. The number of nitrogens with one attached hydrogen (secondary N) is 2. The van der Waals surface area contributed by atoms with Gasteiger partial charge in [-0.25, -0.2) is 0 Å². The molecule has 2 unspecified atom stereocenters. The van der Waals surface area contributed by atoms with Crippen molar-refractivity contribution in [2.75, 3.05) is 32.8 Å². The first-order valence-corrected chi connectivity index (χ1v) is 9.04. The van der Waals surface area contributed by atoms with Gasteiger partial charge in [-0.2, -0.15) is 0 Å². The molecule has 2 atom stereocenters. The number of guanidine groups is 1. The Morgan fingerprint density at radius 1 is 1.32 bits per heavy atom. The largest absolute Gasteiger partial charge is 0.469 e. The van der Waals surface area contributed by atoms with Crippen LogP contribution in [0.5, 0.6) is 0 Å². The van der Waals surface area contributed by atoms with Gasteiger partial charge in [-0.15, -0.1) is 24.0 Å². The van der Waals surface area contributed by atoms with Crippen molar-refractivity contribution in [3.63, 3.8) is 0 Å². The van der Waals surface area contributed by atoms with Crippen LogP contribution in [-0.4, -0.2) is 50.5 Å². The number of aliphatic imine (C=N–C) groups is 1. The fourth-order valence-electron chi connectivity index (χ4n) is 3.16. The van der Waals surface area contributed by atoms with Crippen LogP contribution in [0.15, 0.2) is 27.8 Å². The molecule has 25 heavy (non-hydrogen) atoms. The molecule has 3 heterocycles. The summed E-state index contributed by atoms with van der Waals surface area (Å²) in [4.78, 5) is 4.74. The van der Waals surface area contributed by atoms with Gasteiger partial charge in [0.25, 0.3) is 0 Å². The van der Waals surface area contributed by atoms with Crippen molar-refractivity contribution < 1.29 is 13.9 Å². The van der Waals surface area contributed by atoms with E-state index in [-0.39, 0.29) is 29.6 Å². The summed E-state index contributed by atoms with van der Waals surface area (Å²) in [7, 11) is 0. The van der Waals surface area contributed by atoms with Crippen LogP contribution >= 0.6 is 24.0 Å². The lowest BCUT2D eigenvalue weighted by molar-refractivity contribution is 0.0283. The third-order valence-electron chi connectivity index (χ3n) is 4.64. The molecule has 2 saturated heterocycles. The van der Waals surface area contributed by atoms with Gasteiger partial charge < -0.3 is 24.5 Å². The monoisotopic (exact) mass is 463 g/mol. The number of hydrogen-bond donors (Lipinski definition) is 2. The van der Waals surface area contributed by atoms with E-state index in [0.717, 1.165) is 70.1 Å². The summed E-state index contributed by atoms with van der Waals surface area (Å²) in [6.45, 7) is 6.11. The van der Waals surface area contributed by atoms with E-state index < -0.39 is 0 Å². The first kappa shape index (κ1) is 20.5. The third kappa shape index (κ3) is 6.79. The molecule has 0 amide bonds. The van der Waals surface area contributed by atoms with Crippen LogP contribution in [0.25, 0.3) is 0 Å². The predicted octanol–water partition coefficient (Wildman–Crippen LogP) is 2.72. The number of hydrogen-bond acceptors (Lipinski definition) is 4. The van der Waals surface area contributed by atoms with Crippen molar-refractivity contribution in [3.05, 3.63) is 24.2 Å². The van der Waals surface area contributed by atoms with Crippen LogP contribution < -0.4 is 10.6 Å². The molecule has 2 aliphatic heterocycles. The number of rotatable bonds is 7. The number of ether oxygens (including phenoxy) is 2. The van der Waals surface area contributed by atoms with E-state index in [1.165, 1.54) is 0 Å². The van der Waals surface area contributed by atoms with E-state index in [0.29, 0.717) is 12.6 Å². The lowest BCUT2D eigenvalue weighted by atomic mass is 10.0. The van der Waals surface area contributed by atoms with Crippen LogP contribution in [0.1, 0.15) is 38.4 Å². The maximum Gasteiger partial charge on any atom is 0.191 e. The number of nitrogens with zero attached hydrogens (tertiary/aromatic N) is 1. The molecule has 2 fully saturated rings. The molecule has 0 bridgehead atoms. The van der Waals surface area contributed by atoms with Gasteiger partial charge in [0.05, 0.1) is 24.5 Å². The van der Waals surface area contributed by atoms with Crippen LogP contribution in [0.2, 0.25) is 0 Å². The van der Waals surface area contributed by atoms with Crippen LogP contribution in [0, 0.1) is 0 Å². The maximum absolute atomic E-state index is 5.83. The van der Waals surface area contributed by atoms with E-state index in [1.54, 1.807) is 6.26 Å². The zero-order chi connectivity index (χ0) is 16.7. The highest BCUT2D eigenvalue weighted by molar-refractivity contribution is 14.0. The number of halogens is 1. The molecule has 1 aromatic heterocycles. The van der Waals surface area contributed by atoms with E-state index in [4.69, 9.17) is 18.9 Å². The first-order chi connectivity index (χ1) is 11.7. The van der Waals surface area contributed by atoms with Gasteiger partial charge in [-0.3, -0.25) is 4.99 Å². The molecule has 1 aromatic rings. The lowest BCUT2D eigenvalue weighted by Crippen LogP contribution is -2.43. The van der Waals surface area contributed by atoms with Crippen molar-refractivity contribution in [3.8, 4) is 0 Å². The molecule has 7 heteroatoms. The predicted molar refractivity (Wildman–Crippen MR) is 109 cm³/mol. The van der Waals surface area contributed by atoms with Crippen LogP contribution in [0.3, 0.4) is 0 Å². The molecule has 0 saturated carbocycles. The topological polar surface area (TPSA) is 68.0 Å². The van der Waals surface area contributed by atoms with Gasteiger partial charge in [0.2, 0.25) is 0 Å². The molecule has 142 valence electrons. The third-order valence-corrected chi connectivity index (χ3v) is 4.64. The van der Waals surface area contributed by atoms with Gasteiger partial charge in [0.1, 0.15) is 5.76 Å². The van der Waals surface area contributed by atoms with Crippen molar-refractivity contribution in [2.24, 2.45) is 4.99 Å². The molecule has 0 aromatic carbocycles.